The Kier molecular flexibility index (Phi) is 3.63. The lowest BCUT2D eigenvalue weighted by Crippen LogP contribution is -2.44. The lowest BCUT2D eigenvalue weighted by molar-refractivity contribution is -0.384. The summed E-state index contributed by atoms with van der Waals surface area (Å²) in [5, 5.41) is 10.9. The molecule has 7 heteroatoms. The van der Waals surface area contributed by atoms with Gasteiger partial charge in [-0.05, 0) is 13.1 Å². The van der Waals surface area contributed by atoms with E-state index >= 15 is 0 Å². The molecule has 7 nitrogen and oxygen atoms in total. The highest BCUT2D eigenvalue weighted by Gasteiger charge is 2.17. The quantitative estimate of drug-likeness (QED) is 0.465. The summed E-state index contributed by atoms with van der Waals surface area (Å²) < 4.78 is 0. The summed E-state index contributed by atoms with van der Waals surface area (Å²) in [4.78, 5) is 14.8. The number of hydrogen-bond donors (Lipinski definition) is 2. The summed E-state index contributed by atoms with van der Waals surface area (Å²) in [6.07, 6.45) is 0. The maximum atomic E-state index is 10.9. The molecule has 0 bridgehead atoms. The largest absolute Gasteiger partial charge is 0.369 e. The molecule has 0 unspecified atom stereocenters. The van der Waals surface area contributed by atoms with Gasteiger partial charge < -0.3 is 15.2 Å². The van der Waals surface area contributed by atoms with E-state index in [1.807, 2.05) is 6.07 Å². The molecule has 0 saturated carbocycles. The lowest BCUT2D eigenvalue weighted by Gasteiger charge is -2.34. The standard InChI is InChI=1S/C11H17N5O2/c1-14-2-4-15(5-3-14)10-6-9(13-12)7-11(8-10)16(17)18/h6-8,13H,2-5,12H2,1H3. The Morgan fingerprint density at radius 2 is 1.94 bits per heavy atom. The second-order valence-corrected chi connectivity index (χ2v) is 4.43. The molecule has 1 aromatic carbocycles. The molecule has 0 aliphatic carbocycles. The van der Waals surface area contributed by atoms with Crippen molar-refractivity contribution < 1.29 is 4.92 Å². The zero-order chi connectivity index (χ0) is 13.1. The van der Waals surface area contributed by atoms with Crippen LogP contribution >= 0.6 is 0 Å². The number of piperazine rings is 1. The Labute approximate surface area is 105 Å². The lowest BCUT2D eigenvalue weighted by atomic mass is 10.2. The normalized spacial score (nSPS) is 16.7. The molecule has 1 aromatic rings. The topological polar surface area (TPSA) is 87.7 Å². The van der Waals surface area contributed by atoms with Crippen molar-refractivity contribution in [2.45, 2.75) is 0 Å². The molecule has 0 atom stereocenters. The third-order valence-corrected chi connectivity index (χ3v) is 3.15. The first-order valence-electron chi connectivity index (χ1n) is 5.80. The summed E-state index contributed by atoms with van der Waals surface area (Å²) in [5.74, 6) is 5.34. The first-order chi connectivity index (χ1) is 8.60. The van der Waals surface area contributed by atoms with Gasteiger partial charge in [-0.3, -0.25) is 16.0 Å². The van der Waals surface area contributed by atoms with Crippen LogP contribution in [-0.4, -0.2) is 43.0 Å². The molecule has 1 fully saturated rings. The number of anilines is 2. The minimum absolute atomic E-state index is 0.0550. The van der Waals surface area contributed by atoms with Crippen LogP contribution in [0.5, 0.6) is 0 Å². The highest BCUT2D eigenvalue weighted by molar-refractivity contribution is 5.64. The van der Waals surface area contributed by atoms with Crippen LogP contribution in [0.2, 0.25) is 0 Å². The Morgan fingerprint density at radius 3 is 2.50 bits per heavy atom. The predicted molar refractivity (Wildman–Crippen MR) is 70.6 cm³/mol. The molecule has 18 heavy (non-hydrogen) atoms. The van der Waals surface area contributed by atoms with E-state index in [1.54, 1.807) is 6.07 Å². The van der Waals surface area contributed by atoms with E-state index in [0.29, 0.717) is 5.69 Å². The Balaban J connectivity index is 2.26. The molecule has 1 aliphatic rings. The van der Waals surface area contributed by atoms with Crippen molar-refractivity contribution in [2.75, 3.05) is 43.6 Å². The van der Waals surface area contributed by atoms with Crippen molar-refractivity contribution in [3.8, 4) is 0 Å². The van der Waals surface area contributed by atoms with Crippen molar-refractivity contribution in [2.24, 2.45) is 5.84 Å². The molecule has 3 N–H and O–H groups in total. The molecule has 0 radical (unpaired) electrons. The van der Waals surface area contributed by atoms with Gasteiger partial charge in [0.1, 0.15) is 0 Å². The number of rotatable bonds is 3. The maximum Gasteiger partial charge on any atom is 0.273 e. The van der Waals surface area contributed by atoms with E-state index < -0.39 is 4.92 Å². The molecule has 1 heterocycles. The molecule has 0 aromatic heterocycles. The van der Waals surface area contributed by atoms with E-state index in [-0.39, 0.29) is 5.69 Å². The molecule has 0 amide bonds. The Hall–Kier alpha value is -1.86. The number of non-ortho nitro benzene ring substituents is 1. The van der Waals surface area contributed by atoms with Crippen LogP contribution in [0.4, 0.5) is 17.1 Å². The number of hydrogen-bond acceptors (Lipinski definition) is 6. The van der Waals surface area contributed by atoms with E-state index in [0.717, 1.165) is 31.9 Å². The van der Waals surface area contributed by atoms with E-state index in [1.165, 1.54) is 6.07 Å². The Morgan fingerprint density at radius 1 is 1.28 bits per heavy atom. The number of nitro benzene ring substituents is 1. The summed E-state index contributed by atoms with van der Waals surface area (Å²) in [6, 6.07) is 4.85. The van der Waals surface area contributed by atoms with Crippen molar-refractivity contribution in [1.29, 1.82) is 0 Å². The van der Waals surface area contributed by atoms with Crippen molar-refractivity contribution in [1.82, 2.24) is 4.90 Å². The van der Waals surface area contributed by atoms with Gasteiger partial charge in [-0.15, -0.1) is 0 Å². The van der Waals surface area contributed by atoms with Crippen LogP contribution < -0.4 is 16.2 Å². The van der Waals surface area contributed by atoms with Gasteiger partial charge in [-0.1, -0.05) is 0 Å². The van der Waals surface area contributed by atoms with Crippen LogP contribution in [-0.2, 0) is 0 Å². The molecule has 98 valence electrons. The van der Waals surface area contributed by atoms with Gasteiger partial charge in [0.05, 0.1) is 10.6 Å². The molecular formula is C11H17N5O2. The molecule has 1 aliphatic heterocycles. The second kappa shape index (κ2) is 5.19. The number of benzene rings is 1. The fraction of sp³-hybridized carbons (Fsp3) is 0.455. The third kappa shape index (κ3) is 2.69. The van der Waals surface area contributed by atoms with Crippen LogP contribution in [0, 0.1) is 10.1 Å². The first kappa shape index (κ1) is 12.6. The van der Waals surface area contributed by atoms with Crippen molar-refractivity contribution in [3.05, 3.63) is 28.3 Å². The summed E-state index contributed by atoms with van der Waals surface area (Å²) in [6.45, 7) is 3.63. The van der Waals surface area contributed by atoms with Gasteiger partial charge in [0, 0.05) is 44.0 Å². The zero-order valence-electron chi connectivity index (χ0n) is 10.3. The monoisotopic (exact) mass is 251 g/mol. The smallest absolute Gasteiger partial charge is 0.273 e. The second-order valence-electron chi connectivity index (χ2n) is 4.43. The van der Waals surface area contributed by atoms with Crippen LogP contribution in [0.1, 0.15) is 0 Å². The zero-order valence-corrected chi connectivity index (χ0v) is 10.3. The SMILES string of the molecule is CN1CCN(c2cc(NN)cc([N+](=O)[O-])c2)CC1. The van der Waals surface area contributed by atoms with Crippen LogP contribution in [0.25, 0.3) is 0 Å². The number of likely N-dealkylation sites (N-methyl/N-ethyl adjacent to an activating group) is 1. The van der Waals surface area contributed by atoms with Crippen molar-refractivity contribution in [3.63, 3.8) is 0 Å². The van der Waals surface area contributed by atoms with Gasteiger partial charge in [0.2, 0.25) is 0 Å². The highest BCUT2D eigenvalue weighted by Crippen LogP contribution is 2.27. The average Bonchev–Trinajstić information content (AvgIpc) is 2.39. The summed E-state index contributed by atoms with van der Waals surface area (Å²) in [5.41, 5.74) is 3.92. The average molecular weight is 251 g/mol. The fourth-order valence-electron chi connectivity index (χ4n) is 2.03. The summed E-state index contributed by atoms with van der Waals surface area (Å²) in [7, 11) is 2.07. The van der Waals surface area contributed by atoms with Gasteiger partial charge in [-0.2, -0.15) is 0 Å². The Bertz CT molecular complexity index is 443. The predicted octanol–water partition coefficient (Wildman–Crippen LogP) is 0.632. The number of nitrogens with one attached hydrogen (secondary N) is 1. The number of nitrogens with two attached hydrogens (primary N) is 1. The van der Waals surface area contributed by atoms with Gasteiger partial charge >= 0.3 is 0 Å². The molecule has 2 rings (SSSR count). The van der Waals surface area contributed by atoms with E-state index in [2.05, 4.69) is 22.3 Å². The fourth-order valence-corrected chi connectivity index (χ4v) is 2.03. The van der Waals surface area contributed by atoms with Gasteiger partial charge in [0.15, 0.2) is 0 Å². The first-order valence-corrected chi connectivity index (χ1v) is 5.80. The number of nitro groups is 1. The highest BCUT2D eigenvalue weighted by atomic mass is 16.6. The van der Waals surface area contributed by atoms with Crippen LogP contribution in [0.3, 0.4) is 0 Å². The molecular weight excluding hydrogens is 234 g/mol. The van der Waals surface area contributed by atoms with Gasteiger partial charge in [-0.25, -0.2) is 0 Å². The minimum Gasteiger partial charge on any atom is -0.369 e. The molecule has 1 saturated heterocycles. The third-order valence-electron chi connectivity index (χ3n) is 3.15. The van der Waals surface area contributed by atoms with Crippen molar-refractivity contribution >= 4 is 17.1 Å². The maximum absolute atomic E-state index is 10.9. The summed E-state index contributed by atoms with van der Waals surface area (Å²) >= 11 is 0. The minimum atomic E-state index is -0.402. The number of hydrazine groups is 1. The van der Waals surface area contributed by atoms with E-state index in [9.17, 15) is 10.1 Å². The van der Waals surface area contributed by atoms with Crippen LogP contribution in [0.15, 0.2) is 18.2 Å². The number of nitrogens with zero attached hydrogens (tertiary/aromatic N) is 3. The van der Waals surface area contributed by atoms with E-state index in [4.69, 9.17) is 5.84 Å². The molecule has 0 spiro atoms. The van der Waals surface area contributed by atoms with Gasteiger partial charge in [0.25, 0.3) is 5.69 Å². The number of nitrogen functional groups attached to an aromatic ring is 1.